The van der Waals surface area contributed by atoms with Crippen molar-refractivity contribution in [2.75, 3.05) is 11.1 Å². The molecule has 2 aromatic carbocycles. The van der Waals surface area contributed by atoms with Crippen LogP contribution in [0.2, 0.25) is 5.02 Å². The first-order valence-corrected chi connectivity index (χ1v) is 12.1. The Morgan fingerprint density at radius 2 is 1.88 bits per heavy atom. The van der Waals surface area contributed by atoms with Gasteiger partial charge in [-0.2, -0.15) is 4.98 Å². The quantitative estimate of drug-likeness (QED) is 0.382. The van der Waals surface area contributed by atoms with Crippen LogP contribution in [0.1, 0.15) is 48.7 Å². The predicted octanol–water partition coefficient (Wildman–Crippen LogP) is 5.56. The molecule has 33 heavy (non-hydrogen) atoms. The number of carbonyl (C=O) groups excluding carboxylic acids is 2. The number of fused-ring (bicyclic) bond motifs is 1. The van der Waals surface area contributed by atoms with Crippen molar-refractivity contribution >= 4 is 40.9 Å². The summed E-state index contributed by atoms with van der Waals surface area (Å²) in [5, 5.41) is 9.09. The van der Waals surface area contributed by atoms with Crippen LogP contribution < -0.4 is 5.32 Å². The fourth-order valence-corrected chi connectivity index (χ4v) is 5.44. The van der Waals surface area contributed by atoms with Crippen LogP contribution >= 0.6 is 23.4 Å². The molecule has 0 saturated carbocycles. The minimum absolute atomic E-state index is 0.0123. The molecule has 1 aliphatic heterocycles. The molecule has 1 atom stereocenters. The van der Waals surface area contributed by atoms with Gasteiger partial charge in [-0.05, 0) is 17.9 Å². The monoisotopic (exact) mass is 478 g/mol. The number of allylic oxidation sites excluding steroid dienone is 2. The van der Waals surface area contributed by atoms with Crippen LogP contribution in [0.25, 0.3) is 0 Å². The summed E-state index contributed by atoms with van der Waals surface area (Å²) in [7, 11) is 0. The lowest BCUT2D eigenvalue weighted by Gasteiger charge is -2.38. The molecular formula is C25H23ClN4O2S. The van der Waals surface area contributed by atoms with Crippen LogP contribution in [0.4, 0.5) is 5.95 Å². The molecule has 0 radical (unpaired) electrons. The number of aromatic nitrogens is 3. The number of rotatable bonds is 5. The number of carbonyl (C=O) groups is 2. The van der Waals surface area contributed by atoms with E-state index in [0.717, 1.165) is 17.7 Å². The van der Waals surface area contributed by atoms with Gasteiger partial charge in [-0.3, -0.25) is 9.59 Å². The highest BCUT2D eigenvalue weighted by Crippen LogP contribution is 2.46. The number of nitrogens with zero attached hydrogens (tertiary/aromatic N) is 3. The van der Waals surface area contributed by atoms with Gasteiger partial charge < -0.3 is 5.32 Å². The highest BCUT2D eigenvalue weighted by Gasteiger charge is 2.42. The molecule has 1 N–H and O–H groups in total. The first-order valence-electron chi connectivity index (χ1n) is 10.8. The summed E-state index contributed by atoms with van der Waals surface area (Å²) in [6.45, 7) is 4.19. The van der Waals surface area contributed by atoms with Crippen LogP contribution in [0.3, 0.4) is 0 Å². The summed E-state index contributed by atoms with van der Waals surface area (Å²) in [5.41, 5.74) is 2.89. The third kappa shape index (κ3) is 4.23. The number of anilines is 1. The topological polar surface area (TPSA) is 76.9 Å². The van der Waals surface area contributed by atoms with Crippen LogP contribution in [-0.4, -0.2) is 32.1 Å². The molecule has 8 heteroatoms. The summed E-state index contributed by atoms with van der Waals surface area (Å²) in [6, 6.07) is 16.2. The molecule has 1 aliphatic carbocycles. The van der Waals surface area contributed by atoms with Gasteiger partial charge in [0, 0.05) is 33.8 Å². The van der Waals surface area contributed by atoms with Crippen molar-refractivity contribution in [2.24, 2.45) is 5.41 Å². The number of hydrogen-bond acceptors (Lipinski definition) is 6. The largest absolute Gasteiger partial charge is 0.328 e. The molecule has 2 heterocycles. The zero-order valence-corrected chi connectivity index (χ0v) is 19.9. The molecule has 2 aliphatic rings. The number of benzene rings is 2. The SMILES string of the molecule is CC1(C)CC(=O)C2=C(C1)Nc1nc(SCC(=O)c3ccccc3)nn1C2c1ccccc1Cl. The molecule has 0 bridgehead atoms. The van der Waals surface area contributed by atoms with Gasteiger partial charge in [0.15, 0.2) is 11.6 Å². The van der Waals surface area contributed by atoms with Crippen LogP contribution in [0.5, 0.6) is 0 Å². The highest BCUT2D eigenvalue weighted by molar-refractivity contribution is 7.99. The summed E-state index contributed by atoms with van der Waals surface area (Å²) in [6.07, 6.45) is 1.20. The smallest absolute Gasteiger partial charge is 0.227 e. The first kappa shape index (κ1) is 21.9. The second kappa shape index (κ2) is 8.47. The number of Topliss-reactive ketones (excluding diaryl/α,β-unsaturated/α-hetero) is 2. The average Bonchev–Trinajstić information content (AvgIpc) is 3.19. The lowest BCUT2D eigenvalue weighted by molar-refractivity contribution is -0.118. The van der Waals surface area contributed by atoms with Crippen molar-refractivity contribution < 1.29 is 9.59 Å². The van der Waals surface area contributed by atoms with E-state index in [1.54, 1.807) is 16.8 Å². The Bertz CT molecular complexity index is 1280. The molecule has 1 unspecified atom stereocenters. The maximum Gasteiger partial charge on any atom is 0.227 e. The van der Waals surface area contributed by atoms with Crippen molar-refractivity contribution in [3.8, 4) is 0 Å². The van der Waals surface area contributed by atoms with Gasteiger partial charge in [-0.1, -0.05) is 85.7 Å². The summed E-state index contributed by atoms with van der Waals surface area (Å²) < 4.78 is 1.73. The molecule has 5 rings (SSSR count). The third-order valence-electron chi connectivity index (χ3n) is 5.94. The molecule has 6 nitrogen and oxygen atoms in total. The molecule has 0 amide bonds. The lowest BCUT2D eigenvalue weighted by Crippen LogP contribution is -2.36. The van der Waals surface area contributed by atoms with Crippen molar-refractivity contribution in [3.63, 3.8) is 0 Å². The van der Waals surface area contributed by atoms with Crippen LogP contribution in [0.15, 0.2) is 71.0 Å². The fraction of sp³-hybridized carbons (Fsp3) is 0.280. The second-order valence-corrected chi connectivity index (χ2v) is 10.5. The number of halogens is 1. The van der Waals surface area contributed by atoms with Gasteiger partial charge in [0.1, 0.15) is 6.04 Å². The van der Waals surface area contributed by atoms with E-state index < -0.39 is 6.04 Å². The Labute approximate surface area is 201 Å². The highest BCUT2D eigenvalue weighted by atomic mass is 35.5. The van der Waals surface area contributed by atoms with E-state index in [9.17, 15) is 9.59 Å². The summed E-state index contributed by atoms with van der Waals surface area (Å²) in [5.74, 6) is 0.883. The van der Waals surface area contributed by atoms with E-state index >= 15 is 0 Å². The average molecular weight is 479 g/mol. The second-order valence-electron chi connectivity index (χ2n) is 9.12. The minimum atomic E-state index is -0.458. The maximum atomic E-state index is 13.3. The normalized spacial score (nSPS) is 19.0. The predicted molar refractivity (Wildman–Crippen MR) is 130 cm³/mol. The van der Waals surface area contributed by atoms with Gasteiger partial charge in [0.05, 0.1) is 5.75 Å². The van der Waals surface area contributed by atoms with Gasteiger partial charge in [-0.25, -0.2) is 4.68 Å². The zero-order chi connectivity index (χ0) is 23.2. The Morgan fingerprint density at radius 1 is 1.15 bits per heavy atom. The van der Waals surface area contributed by atoms with Gasteiger partial charge in [-0.15, -0.1) is 5.10 Å². The lowest BCUT2D eigenvalue weighted by atomic mass is 9.73. The summed E-state index contributed by atoms with van der Waals surface area (Å²) in [4.78, 5) is 30.5. The number of hydrogen-bond donors (Lipinski definition) is 1. The zero-order valence-electron chi connectivity index (χ0n) is 18.3. The molecule has 0 spiro atoms. The van der Waals surface area contributed by atoms with Gasteiger partial charge >= 0.3 is 0 Å². The van der Waals surface area contributed by atoms with E-state index in [0.29, 0.717) is 33.7 Å². The van der Waals surface area contributed by atoms with E-state index in [1.165, 1.54) is 11.8 Å². The van der Waals surface area contributed by atoms with E-state index in [2.05, 4.69) is 29.2 Å². The Hall–Kier alpha value is -2.90. The molecule has 3 aromatic rings. The fourth-order valence-electron chi connectivity index (χ4n) is 4.47. The van der Waals surface area contributed by atoms with Gasteiger partial charge in [0.2, 0.25) is 11.1 Å². The van der Waals surface area contributed by atoms with Crippen LogP contribution in [-0.2, 0) is 4.79 Å². The Kier molecular flexibility index (Phi) is 5.62. The minimum Gasteiger partial charge on any atom is -0.328 e. The molecule has 0 saturated heterocycles. The molecule has 0 fully saturated rings. The van der Waals surface area contributed by atoms with Crippen molar-refractivity contribution in [3.05, 3.63) is 82.0 Å². The van der Waals surface area contributed by atoms with Crippen molar-refractivity contribution in [2.45, 2.75) is 37.9 Å². The molecule has 168 valence electrons. The van der Waals surface area contributed by atoms with Crippen molar-refractivity contribution in [1.29, 1.82) is 0 Å². The van der Waals surface area contributed by atoms with Crippen LogP contribution in [0, 0.1) is 5.41 Å². The van der Waals surface area contributed by atoms with E-state index in [-0.39, 0.29) is 22.7 Å². The number of ketones is 2. The third-order valence-corrected chi connectivity index (χ3v) is 7.12. The molecular weight excluding hydrogens is 456 g/mol. The Morgan fingerprint density at radius 3 is 2.64 bits per heavy atom. The molecule has 1 aromatic heterocycles. The Balaban J connectivity index is 1.50. The van der Waals surface area contributed by atoms with E-state index in [4.69, 9.17) is 11.6 Å². The summed E-state index contributed by atoms with van der Waals surface area (Å²) >= 11 is 7.85. The standard InChI is InChI=1S/C25H23ClN4O2S/c1-25(2)12-18-21(19(31)13-25)22(16-10-6-7-11-17(16)26)30-23(27-18)28-24(29-30)33-14-20(32)15-8-4-3-5-9-15/h3-11,22H,12-14H2,1-2H3,(H,27,28,29). The number of thioether (sulfide) groups is 1. The number of nitrogens with one attached hydrogen (secondary N) is 1. The maximum absolute atomic E-state index is 13.3. The first-order chi connectivity index (χ1) is 15.8. The van der Waals surface area contributed by atoms with E-state index in [1.807, 2.05) is 42.5 Å². The van der Waals surface area contributed by atoms with Gasteiger partial charge in [0.25, 0.3) is 0 Å². The van der Waals surface area contributed by atoms with Crippen molar-refractivity contribution in [1.82, 2.24) is 14.8 Å².